The van der Waals surface area contributed by atoms with E-state index in [0.717, 1.165) is 5.56 Å². The number of alkyl carbamates (subject to hydrolysis) is 1. The van der Waals surface area contributed by atoms with Crippen molar-refractivity contribution in [1.29, 1.82) is 0 Å². The maximum atomic E-state index is 11.8. The number of rotatable bonds is 7. The third-order valence-electron chi connectivity index (χ3n) is 3.55. The average Bonchev–Trinajstić information content (AvgIpc) is 2.61. The summed E-state index contributed by atoms with van der Waals surface area (Å²) >= 11 is 0. The molecule has 0 fully saturated rings. The van der Waals surface area contributed by atoms with Crippen LogP contribution >= 0.6 is 0 Å². The van der Waals surface area contributed by atoms with Crippen LogP contribution in [-0.2, 0) is 11.2 Å². The number of hydrogen-bond acceptors (Lipinski definition) is 6. The number of carbonyl (C=O) groups is 2. The number of nitrogens with zero attached hydrogens (tertiary/aromatic N) is 1. The van der Waals surface area contributed by atoms with Crippen molar-refractivity contribution in [3.05, 3.63) is 53.7 Å². The number of carbonyl (C=O) groups excluding carboxylic acids is 1. The molecule has 0 bridgehead atoms. The molecule has 0 aliphatic rings. The Balaban J connectivity index is 1.93. The molecule has 0 radical (unpaired) electrons. The Hall–Kier alpha value is -3.13. The Morgan fingerprint density at radius 3 is 2.32 bits per heavy atom. The van der Waals surface area contributed by atoms with Crippen LogP contribution in [-0.4, -0.2) is 45.5 Å². The maximum Gasteiger partial charge on any atom is 0.407 e. The van der Waals surface area contributed by atoms with Gasteiger partial charge in [0.2, 0.25) is 5.88 Å². The van der Waals surface area contributed by atoms with Crippen LogP contribution in [0.5, 0.6) is 11.6 Å². The van der Waals surface area contributed by atoms with E-state index in [0.29, 0.717) is 12.2 Å². The number of aliphatic hydroxyl groups is 1. The van der Waals surface area contributed by atoms with Gasteiger partial charge in [0, 0.05) is 12.3 Å². The molecule has 0 saturated carbocycles. The Morgan fingerprint density at radius 1 is 1.14 bits per heavy atom. The van der Waals surface area contributed by atoms with Gasteiger partial charge in [-0.25, -0.2) is 14.6 Å². The van der Waals surface area contributed by atoms with Gasteiger partial charge >= 0.3 is 12.1 Å². The molecule has 0 unspecified atom stereocenters. The van der Waals surface area contributed by atoms with Crippen LogP contribution in [0.2, 0.25) is 0 Å². The molecule has 0 spiro atoms. The van der Waals surface area contributed by atoms with E-state index in [-0.39, 0.29) is 18.1 Å². The first-order valence-electron chi connectivity index (χ1n) is 8.73. The molecule has 1 atom stereocenters. The second-order valence-electron chi connectivity index (χ2n) is 7.17. The molecular weight excluding hydrogens is 364 g/mol. The highest BCUT2D eigenvalue weighted by atomic mass is 16.6. The molecular formula is C20H24N2O6. The highest BCUT2D eigenvalue weighted by molar-refractivity contribution is 5.87. The van der Waals surface area contributed by atoms with Gasteiger partial charge in [0.25, 0.3) is 0 Å². The average molecular weight is 388 g/mol. The molecule has 1 aromatic heterocycles. The van der Waals surface area contributed by atoms with E-state index < -0.39 is 23.7 Å². The van der Waals surface area contributed by atoms with Crippen molar-refractivity contribution in [3.63, 3.8) is 0 Å². The summed E-state index contributed by atoms with van der Waals surface area (Å²) in [4.78, 5) is 26.6. The number of nitrogens with one attached hydrogen (secondary N) is 1. The summed E-state index contributed by atoms with van der Waals surface area (Å²) in [6.45, 7) is 5.08. The summed E-state index contributed by atoms with van der Waals surface area (Å²) in [6, 6.07) is 9.47. The van der Waals surface area contributed by atoms with Gasteiger partial charge in [-0.15, -0.1) is 0 Å². The minimum absolute atomic E-state index is 0.0789. The zero-order chi connectivity index (χ0) is 20.7. The minimum Gasteiger partial charge on any atom is -0.478 e. The van der Waals surface area contributed by atoms with Crippen LogP contribution in [0.15, 0.2) is 42.6 Å². The normalized spacial score (nSPS) is 12.1. The van der Waals surface area contributed by atoms with Crippen LogP contribution in [0.25, 0.3) is 0 Å². The first-order chi connectivity index (χ1) is 13.2. The monoisotopic (exact) mass is 388 g/mol. The van der Waals surface area contributed by atoms with E-state index >= 15 is 0 Å². The summed E-state index contributed by atoms with van der Waals surface area (Å²) in [5.41, 5.74) is 0.353. The van der Waals surface area contributed by atoms with Gasteiger partial charge in [-0.2, -0.15) is 0 Å². The van der Waals surface area contributed by atoms with E-state index in [1.807, 2.05) is 0 Å². The molecule has 3 N–H and O–H groups in total. The summed E-state index contributed by atoms with van der Waals surface area (Å²) < 4.78 is 10.8. The standard InChI is InChI=1S/C20H24N2O6/c1-20(2,3)28-19(26)22-15(12-23)10-13-4-7-16(8-5-13)27-17-9-6-14(11-21-17)18(24)25/h4-9,11,15,23H,10,12H2,1-3H3,(H,22,26)(H,24,25)/t15-/m0/s1. The van der Waals surface area contributed by atoms with E-state index in [1.165, 1.54) is 18.3 Å². The van der Waals surface area contributed by atoms with Crippen LogP contribution in [0.1, 0.15) is 36.7 Å². The first kappa shape index (κ1) is 21.2. The van der Waals surface area contributed by atoms with Crippen LogP contribution in [0.4, 0.5) is 4.79 Å². The lowest BCUT2D eigenvalue weighted by molar-refractivity contribution is 0.0482. The number of carboxylic acid groups (broad SMARTS) is 1. The van der Waals surface area contributed by atoms with Gasteiger partial charge in [0.05, 0.1) is 18.2 Å². The SMILES string of the molecule is CC(C)(C)OC(=O)N[C@H](CO)Cc1ccc(Oc2ccc(C(=O)O)cn2)cc1. The number of aliphatic hydroxyl groups excluding tert-OH is 1. The Bertz CT molecular complexity index is 797. The number of benzene rings is 1. The molecule has 0 aliphatic carbocycles. The molecule has 0 aliphatic heterocycles. The van der Waals surface area contributed by atoms with E-state index in [9.17, 15) is 14.7 Å². The summed E-state index contributed by atoms with van der Waals surface area (Å²) in [6.07, 6.45) is 1.06. The largest absolute Gasteiger partial charge is 0.478 e. The summed E-state index contributed by atoms with van der Waals surface area (Å²) in [5, 5.41) is 21.0. The Kier molecular flexibility index (Phi) is 6.94. The molecule has 150 valence electrons. The number of aromatic nitrogens is 1. The van der Waals surface area contributed by atoms with Crippen molar-refractivity contribution in [2.24, 2.45) is 0 Å². The zero-order valence-corrected chi connectivity index (χ0v) is 16.0. The second-order valence-corrected chi connectivity index (χ2v) is 7.17. The van der Waals surface area contributed by atoms with Gasteiger partial charge < -0.3 is 25.0 Å². The second kappa shape index (κ2) is 9.18. The van der Waals surface area contributed by atoms with Gasteiger partial charge in [-0.1, -0.05) is 12.1 Å². The molecule has 1 aromatic carbocycles. The number of pyridine rings is 1. The van der Waals surface area contributed by atoms with Gasteiger partial charge in [-0.05, 0) is 51.0 Å². The van der Waals surface area contributed by atoms with Crippen molar-refractivity contribution in [2.75, 3.05) is 6.61 Å². The van der Waals surface area contributed by atoms with E-state index in [4.69, 9.17) is 14.6 Å². The Labute approximate surface area is 163 Å². The van der Waals surface area contributed by atoms with E-state index in [2.05, 4.69) is 10.3 Å². The molecule has 8 heteroatoms. The topological polar surface area (TPSA) is 118 Å². The van der Waals surface area contributed by atoms with Gasteiger partial charge in [-0.3, -0.25) is 0 Å². The van der Waals surface area contributed by atoms with Crippen molar-refractivity contribution < 1.29 is 29.3 Å². The highest BCUT2D eigenvalue weighted by Gasteiger charge is 2.19. The Morgan fingerprint density at radius 2 is 1.82 bits per heavy atom. The first-order valence-corrected chi connectivity index (χ1v) is 8.73. The zero-order valence-electron chi connectivity index (χ0n) is 16.0. The third-order valence-corrected chi connectivity index (χ3v) is 3.55. The fraction of sp³-hybridized carbons (Fsp3) is 0.350. The number of hydrogen-bond donors (Lipinski definition) is 3. The number of aromatic carboxylic acids is 1. The predicted molar refractivity (Wildman–Crippen MR) is 102 cm³/mol. The molecule has 28 heavy (non-hydrogen) atoms. The molecule has 8 nitrogen and oxygen atoms in total. The molecule has 1 heterocycles. The lowest BCUT2D eigenvalue weighted by atomic mass is 10.1. The molecule has 2 aromatic rings. The van der Waals surface area contributed by atoms with Crippen molar-refractivity contribution in [2.45, 2.75) is 38.8 Å². The smallest absolute Gasteiger partial charge is 0.407 e. The fourth-order valence-corrected chi connectivity index (χ4v) is 2.30. The number of ether oxygens (including phenoxy) is 2. The van der Waals surface area contributed by atoms with Crippen molar-refractivity contribution in [1.82, 2.24) is 10.3 Å². The fourth-order valence-electron chi connectivity index (χ4n) is 2.30. The highest BCUT2D eigenvalue weighted by Crippen LogP contribution is 2.20. The molecule has 1 amide bonds. The summed E-state index contributed by atoms with van der Waals surface area (Å²) in [7, 11) is 0. The van der Waals surface area contributed by atoms with Crippen LogP contribution in [0.3, 0.4) is 0 Å². The lowest BCUT2D eigenvalue weighted by Gasteiger charge is -2.22. The molecule has 0 saturated heterocycles. The lowest BCUT2D eigenvalue weighted by Crippen LogP contribution is -2.42. The van der Waals surface area contributed by atoms with Crippen LogP contribution in [0, 0.1) is 0 Å². The van der Waals surface area contributed by atoms with Crippen molar-refractivity contribution in [3.8, 4) is 11.6 Å². The van der Waals surface area contributed by atoms with Crippen molar-refractivity contribution >= 4 is 12.1 Å². The quantitative estimate of drug-likeness (QED) is 0.667. The van der Waals surface area contributed by atoms with Gasteiger partial charge in [0.1, 0.15) is 11.4 Å². The third kappa shape index (κ3) is 6.88. The number of amides is 1. The minimum atomic E-state index is -1.05. The number of carboxylic acids is 1. The maximum absolute atomic E-state index is 11.8. The van der Waals surface area contributed by atoms with E-state index in [1.54, 1.807) is 45.0 Å². The molecule has 2 rings (SSSR count). The van der Waals surface area contributed by atoms with Crippen LogP contribution < -0.4 is 10.1 Å². The summed E-state index contributed by atoms with van der Waals surface area (Å²) in [5.74, 6) is -0.251. The predicted octanol–water partition coefficient (Wildman–Crippen LogP) is 3.00. The van der Waals surface area contributed by atoms with Gasteiger partial charge in [0.15, 0.2) is 0 Å².